The lowest BCUT2D eigenvalue weighted by atomic mass is 9.98. The Morgan fingerprint density at radius 2 is 1.56 bits per heavy atom. The first kappa shape index (κ1) is 23.8. The van der Waals surface area contributed by atoms with Crippen LogP contribution in [0, 0.1) is 11.8 Å². The van der Waals surface area contributed by atoms with Crippen molar-refractivity contribution in [3.63, 3.8) is 0 Å². The van der Waals surface area contributed by atoms with Crippen molar-refractivity contribution in [1.82, 2.24) is 14.3 Å². The molecule has 0 atom stereocenters. The molecule has 0 radical (unpaired) electrons. The van der Waals surface area contributed by atoms with Gasteiger partial charge in [0.1, 0.15) is 5.82 Å². The van der Waals surface area contributed by atoms with Crippen molar-refractivity contribution in [3.8, 4) is 0 Å². The lowest BCUT2D eigenvalue weighted by Gasteiger charge is -2.37. The predicted octanol–water partition coefficient (Wildman–Crippen LogP) is 4.35. The quantitative estimate of drug-likeness (QED) is 0.617. The second-order valence-electron chi connectivity index (χ2n) is 10.2. The minimum Gasteiger partial charge on any atom is -0.356 e. The van der Waals surface area contributed by atoms with Gasteiger partial charge in [-0.1, -0.05) is 31.5 Å². The van der Waals surface area contributed by atoms with Crippen molar-refractivity contribution in [3.05, 3.63) is 40.5 Å². The highest BCUT2D eigenvalue weighted by atomic mass is 35.5. The minimum atomic E-state index is -3.66. The molecular weight excluding hydrogens is 470 g/mol. The molecule has 2 saturated heterocycles. The molecule has 0 saturated carbocycles. The number of benzene rings is 1. The maximum Gasteiger partial charge on any atom is 0.243 e. The van der Waals surface area contributed by atoms with Crippen LogP contribution in [-0.2, 0) is 23.0 Å². The summed E-state index contributed by atoms with van der Waals surface area (Å²) in [7, 11) is -3.66. The fourth-order valence-electron chi connectivity index (χ4n) is 5.17. The lowest BCUT2D eigenvalue weighted by molar-refractivity contribution is 0.383. The SMILES string of the molecule is CC1CCN(c2nc3c(c(N4CCC(C)CC4)n2)CN(S(=O)(=O)c2cccc(Cl)c2)CC3)CC1. The highest BCUT2D eigenvalue weighted by Gasteiger charge is 2.34. The van der Waals surface area contributed by atoms with E-state index in [1.165, 1.54) is 6.07 Å². The van der Waals surface area contributed by atoms with Crippen LogP contribution in [0.5, 0.6) is 0 Å². The van der Waals surface area contributed by atoms with Gasteiger partial charge in [-0.25, -0.2) is 13.4 Å². The number of anilines is 2. The number of fused-ring (bicyclic) bond motifs is 1. The zero-order valence-electron chi connectivity index (χ0n) is 20.1. The molecule has 7 nitrogen and oxygen atoms in total. The number of halogens is 1. The highest BCUT2D eigenvalue weighted by molar-refractivity contribution is 7.89. The third-order valence-corrected chi connectivity index (χ3v) is 9.65. The van der Waals surface area contributed by atoms with Crippen molar-refractivity contribution in [2.24, 2.45) is 11.8 Å². The largest absolute Gasteiger partial charge is 0.356 e. The summed E-state index contributed by atoms with van der Waals surface area (Å²) in [6.07, 6.45) is 5.15. The van der Waals surface area contributed by atoms with Gasteiger partial charge >= 0.3 is 0 Å². The third kappa shape index (κ3) is 4.77. The molecule has 0 spiro atoms. The van der Waals surface area contributed by atoms with E-state index in [-0.39, 0.29) is 4.90 Å². The summed E-state index contributed by atoms with van der Waals surface area (Å²) in [5.41, 5.74) is 1.95. The van der Waals surface area contributed by atoms with E-state index in [0.29, 0.717) is 30.5 Å². The van der Waals surface area contributed by atoms with E-state index in [1.807, 2.05) is 0 Å². The van der Waals surface area contributed by atoms with Gasteiger partial charge in [-0.3, -0.25) is 0 Å². The molecule has 34 heavy (non-hydrogen) atoms. The van der Waals surface area contributed by atoms with E-state index in [9.17, 15) is 8.42 Å². The molecule has 4 heterocycles. The summed E-state index contributed by atoms with van der Waals surface area (Å²) >= 11 is 6.10. The van der Waals surface area contributed by atoms with Gasteiger partial charge in [-0.05, 0) is 55.7 Å². The second-order valence-corrected chi connectivity index (χ2v) is 12.5. The molecule has 0 N–H and O–H groups in total. The molecule has 1 aromatic carbocycles. The van der Waals surface area contributed by atoms with Crippen LogP contribution in [0.15, 0.2) is 29.2 Å². The minimum absolute atomic E-state index is 0.233. The Morgan fingerprint density at radius 3 is 2.21 bits per heavy atom. The Balaban J connectivity index is 1.49. The summed E-state index contributed by atoms with van der Waals surface area (Å²) in [6, 6.07) is 6.51. The number of hydrogen-bond acceptors (Lipinski definition) is 6. The Hall–Kier alpha value is -1.90. The molecule has 9 heteroatoms. The van der Waals surface area contributed by atoms with E-state index in [1.54, 1.807) is 22.5 Å². The lowest BCUT2D eigenvalue weighted by Crippen LogP contribution is -2.41. The normalized spacial score (nSPS) is 21.0. The van der Waals surface area contributed by atoms with Gasteiger partial charge in [0, 0.05) is 56.3 Å². The monoisotopic (exact) mass is 503 g/mol. The summed E-state index contributed by atoms with van der Waals surface area (Å²) in [5, 5.41) is 0.422. The van der Waals surface area contributed by atoms with Gasteiger partial charge in [-0.2, -0.15) is 9.29 Å². The fraction of sp³-hybridized carbons (Fsp3) is 0.600. The van der Waals surface area contributed by atoms with Crippen molar-refractivity contribution in [2.75, 3.05) is 42.5 Å². The highest BCUT2D eigenvalue weighted by Crippen LogP contribution is 2.34. The molecule has 5 rings (SSSR count). The molecule has 0 aliphatic carbocycles. The second kappa shape index (κ2) is 9.63. The number of piperidine rings is 2. The molecule has 2 fully saturated rings. The van der Waals surface area contributed by atoms with Crippen LogP contribution in [0.25, 0.3) is 0 Å². The first-order valence-corrected chi connectivity index (χ1v) is 14.3. The Kier molecular flexibility index (Phi) is 6.75. The average molecular weight is 504 g/mol. The van der Waals surface area contributed by atoms with E-state index in [0.717, 1.165) is 80.8 Å². The smallest absolute Gasteiger partial charge is 0.243 e. The molecule has 1 aromatic heterocycles. The number of hydrogen-bond donors (Lipinski definition) is 0. The van der Waals surface area contributed by atoms with Crippen LogP contribution >= 0.6 is 11.6 Å². The standard InChI is InChI=1S/C25H34ClN5O2S/c1-18-6-11-29(12-7-18)24-22-17-31(34(32,33)21-5-3-4-20(26)16-21)15-10-23(22)27-25(28-24)30-13-8-19(2)9-14-30/h3-5,16,18-19H,6-15,17H2,1-2H3. The van der Waals surface area contributed by atoms with Crippen LogP contribution < -0.4 is 9.80 Å². The van der Waals surface area contributed by atoms with Crippen LogP contribution in [0.2, 0.25) is 5.02 Å². The molecule has 0 bridgehead atoms. The predicted molar refractivity (Wildman–Crippen MR) is 136 cm³/mol. The molecule has 184 valence electrons. The van der Waals surface area contributed by atoms with Crippen LogP contribution in [0.4, 0.5) is 11.8 Å². The number of aromatic nitrogens is 2. The molecule has 2 aromatic rings. The van der Waals surface area contributed by atoms with Crippen LogP contribution in [0.3, 0.4) is 0 Å². The van der Waals surface area contributed by atoms with Gasteiger partial charge in [0.25, 0.3) is 0 Å². The number of rotatable bonds is 4. The fourth-order valence-corrected chi connectivity index (χ4v) is 6.88. The Morgan fingerprint density at radius 1 is 0.912 bits per heavy atom. The summed E-state index contributed by atoms with van der Waals surface area (Å²) in [4.78, 5) is 15.0. The molecular formula is C25H34ClN5O2S. The van der Waals surface area contributed by atoms with E-state index in [2.05, 4.69) is 23.6 Å². The first-order valence-electron chi connectivity index (χ1n) is 12.5. The number of sulfonamides is 1. The summed E-state index contributed by atoms with van der Waals surface area (Å²) < 4.78 is 28.4. The van der Waals surface area contributed by atoms with Gasteiger partial charge < -0.3 is 9.80 Å². The molecule has 0 amide bonds. The summed E-state index contributed by atoms with van der Waals surface area (Å²) in [6.45, 7) is 9.16. The Bertz CT molecular complexity index is 1140. The van der Waals surface area contributed by atoms with E-state index in [4.69, 9.17) is 21.6 Å². The van der Waals surface area contributed by atoms with Crippen molar-refractivity contribution >= 4 is 33.4 Å². The zero-order chi connectivity index (χ0) is 23.9. The maximum atomic E-state index is 13.4. The van der Waals surface area contributed by atoms with Gasteiger partial charge in [0.2, 0.25) is 16.0 Å². The average Bonchev–Trinajstić information content (AvgIpc) is 2.84. The van der Waals surface area contributed by atoms with Crippen LogP contribution in [0.1, 0.15) is 50.8 Å². The number of nitrogens with zero attached hydrogens (tertiary/aromatic N) is 5. The molecule has 3 aliphatic heterocycles. The summed E-state index contributed by atoms with van der Waals surface area (Å²) in [5.74, 6) is 3.18. The molecule has 0 unspecified atom stereocenters. The third-order valence-electron chi connectivity index (χ3n) is 7.58. The maximum absolute atomic E-state index is 13.4. The van der Waals surface area contributed by atoms with Crippen LogP contribution in [-0.4, -0.2) is 55.4 Å². The van der Waals surface area contributed by atoms with Gasteiger partial charge in [-0.15, -0.1) is 0 Å². The Labute approximate surface area is 208 Å². The first-order chi connectivity index (χ1) is 16.3. The van der Waals surface area contributed by atoms with Crippen molar-refractivity contribution in [1.29, 1.82) is 0 Å². The topological polar surface area (TPSA) is 69.6 Å². The van der Waals surface area contributed by atoms with E-state index >= 15 is 0 Å². The van der Waals surface area contributed by atoms with Gasteiger partial charge in [0.05, 0.1) is 10.6 Å². The van der Waals surface area contributed by atoms with Crippen molar-refractivity contribution in [2.45, 2.75) is 57.4 Å². The van der Waals surface area contributed by atoms with Gasteiger partial charge in [0.15, 0.2) is 0 Å². The van der Waals surface area contributed by atoms with Crippen molar-refractivity contribution < 1.29 is 8.42 Å². The zero-order valence-corrected chi connectivity index (χ0v) is 21.7. The molecule has 3 aliphatic rings. The van der Waals surface area contributed by atoms with E-state index < -0.39 is 10.0 Å².